The van der Waals surface area contributed by atoms with Crippen LogP contribution in [-0.4, -0.2) is 44.8 Å². The molecular formula is C22H22N6OS. The van der Waals surface area contributed by atoms with Crippen LogP contribution in [0.1, 0.15) is 22.4 Å². The molecule has 0 unspecified atom stereocenters. The molecule has 1 N–H and O–H groups in total. The lowest BCUT2D eigenvalue weighted by Gasteiger charge is -2.32. The number of anilines is 2. The number of rotatable bonds is 5. The molecule has 5 rings (SSSR count). The van der Waals surface area contributed by atoms with Gasteiger partial charge in [-0.25, -0.2) is 4.98 Å². The Morgan fingerprint density at radius 3 is 3.03 bits per heavy atom. The van der Waals surface area contributed by atoms with Gasteiger partial charge in [0.15, 0.2) is 0 Å². The molecule has 7 nitrogen and oxygen atoms in total. The second-order valence-electron chi connectivity index (χ2n) is 7.32. The fourth-order valence-electron chi connectivity index (χ4n) is 3.66. The first-order valence-electron chi connectivity index (χ1n) is 9.95. The van der Waals surface area contributed by atoms with Gasteiger partial charge in [0.05, 0.1) is 17.8 Å². The van der Waals surface area contributed by atoms with E-state index in [9.17, 15) is 0 Å². The van der Waals surface area contributed by atoms with Gasteiger partial charge in [-0.2, -0.15) is 0 Å². The largest absolute Gasteiger partial charge is 0.369 e. The Kier molecular flexibility index (Phi) is 5.35. The van der Waals surface area contributed by atoms with E-state index in [4.69, 9.17) is 9.72 Å². The second-order valence-corrected chi connectivity index (χ2v) is 8.51. The van der Waals surface area contributed by atoms with Crippen molar-refractivity contribution in [1.82, 2.24) is 25.1 Å². The monoisotopic (exact) mass is 418 g/mol. The molecule has 8 heteroatoms. The summed E-state index contributed by atoms with van der Waals surface area (Å²) in [7, 11) is 0. The summed E-state index contributed by atoms with van der Waals surface area (Å²) in [6.07, 6.45) is 1.77. The van der Waals surface area contributed by atoms with Gasteiger partial charge in [-0.05, 0) is 42.8 Å². The van der Waals surface area contributed by atoms with Crippen LogP contribution >= 0.6 is 11.3 Å². The summed E-state index contributed by atoms with van der Waals surface area (Å²) in [5.41, 5.74) is 3.24. The molecule has 1 aliphatic rings. The number of ether oxygens (including phenoxy) is 1. The summed E-state index contributed by atoms with van der Waals surface area (Å²) in [5.74, 6) is 0.756. The number of aromatic nitrogens is 4. The Balaban J connectivity index is 1.28. The molecule has 0 radical (unpaired) electrons. The summed E-state index contributed by atoms with van der Waals surface area (Å²) >= 11 is 1.51. The standard InChI is InChI=1S/C22H22N6OS/c1-15-26-27-22(30-15)25-21-6-2-5-19(24-21)20-14-28(10-11-29-20)13-16-7-8-18-17(12-16)4-3-9-23-18/h2-9,12,20H,10-11,13-14H2,1H3,(H,24,25,27)/t20-/m0/s1. The van der Waals surface area contributed by atoms with E-state index < -0.39 is 0 Å². The Bertz CT molecular complexity index is 1160. The van der Waals surface area contributed by atoms with E-state index in [1.165, 1.54) is 22.3 Å². The Morgan fingerprint density at radius 2 is 2.13 bits per heavy atom. The maximum Gasteiger partial charge on any atom is 0.211 e. The SMILES string of the molecule is Cc1nnc(Nc2cccc([C@@H]3CN(Cc4ccc5ncccc5c4)CCO3)n2)s1. The molecular weight excluding hydrogens is 396 g/mol. The molecule has 1 atom stereocenters. The van der Waals surface area contributed by atoms with Crippen molar-refractivity contribution in [3.63, 3.8) is 0 Å². The van der Waals surface area contributed by atoms with Crippen molar-refractivity contribution in [2.45, 2.75) is 19.6 Å². The summed E-state index contributed by atoms with van der Waals surface area (Å²) < 4.78 is 6.04. The van der Waals surface area contributed by atoms with E-state index >= 15 is 0 Å². The molecule has 1 saturated heterocycles. The molecule has 0 amide bonds. The second kappa shape index (κ2) is 8.43. The summed E-state index contributed by atoms with van der Waals surface area (Å²) in [4.78, 5) is 11.6. The average Bonchev–Trinajstić information content (AvgIpc) is 3.18. The number of pyridine rings is 2. The van der Waals surface area contributed by atoms with Crippen LogP contribution in [0, 0.1) is 6.92 Å². The molecule has 30 heavy (non-hydrogen) atoms. The highest BCUT2D eigenvalue weighted by Crippen LogP contribution is 2.25. The molecule has 152 valence electrons. The highest BCUT2D eigenvalue weighted by atomic mass is 32.1. The van der Waals surface area contributed by atoms with Gasteiger partial charge in [0.2, 0.25) is 5.13 Å². The topological polar surface area (TPSA) is 76.1 Å². The van der Waals surface area contributed by atoms with Gasteiger partial charge < -0.3 is 10.1 Å². The number of morpholine rings is 1. The van der Waals surface area contributed by atoms with E-state index in [2.05, 4.69) is 49.7 Å². The van der Waals surface area contributed by atoms with Gasteiger partial charge in [-0.1, -0.05) is 29.5 Å². The smallest absolute Gasteiger partial charge is 0.211 e. The molecule has 1 aromatic carbocycles. The van der Waals surface area contributed by atoms with Crippen LogP contribution in [0.4, 0.5) is 10.9 Å². The van der Waals surface area contributed by atoms with E-state index in [0.717, 1.165) is 46.8 Å². The molecule has 3 aromatic heterocycles. The summed E-state index contributed by atoms with van der Waals surface area (Å²) in [6.45, 7) is 5.22. The summed E-state index contributed by atoms with van der Waals surface area (Å²) in [5, 5.41) is 14.2. The van der Waals surface area contributed by atoms with Gasteiger partial charge in [-0.15, -0.1) is 10.2 Å². The molecule has 0 saturated carbocycles. The third-order valence-electron chi connectivity index (χ3n) is 5.09. The minimum atomic E-state index is -0.0567. The number of fused-ring (bicyclic) bond motifs is 1. The number of nitrogens with one attached hydrogen (secondary N) is 1. The van der Waals surface area contributed by atoms with E-state index in [1.807, 2.05) is 37.4 Å². The first-order chi connectivity index (χ1) is 14.7. The average molecular weight is 419 g/mol. The van der Waals surface area contributed by atoms with E-state index in [-0.39, 0.29) is 6.10 Å². The van der Waals surface area contributed by atoms with Gasteiger partial charge in [0.25, 0.3) is 0 Å². The van der Waals surface area contributed by atoms with Crippen LogP contribution in [0.25, 0.3) is 10.9 Å². The van der Waals surface area contributed by atoms with Crippen molar-refractivity contribution in [1.29, 1.82) is 0 Å². The zero-order chi connectivity index (χ0) is 20.3. The van der Waals surface area contributed by atoms with Gasteiger partial charge in [0.1, 0.15) is 16.9 Å². The molecule has 0 aliphatic carbocycles. The van der Waals surface area contributed by atoms with Crippen molar-refractivity contribution >= 4 is 33.2 Å². The van der Waals surface area contributed by atoms with Crippen LogP contribution in [-0.2, 0) is 11.3 Å². The van der Waals surface area contributed by atoms with Crippen molar-refractivity contribution in [2.24, 2.45) is 0 Å². The minimum absolute atomic E-state index is 0.0567. The lowest BCUT2D eigenvalue weighted by atomic mass is 10.1. The fourth-order valence-corrected chi connectivity index (χ4v) is 4.26. The first kappa shape index (κ1) is 19.0. The third kappa shape index (κ3) is 4.30. The van der Waals surface area contributed by atoms with Crippen LogP contribution in [0.2, 0.25) is 0 Å². The quantitative estimate of drug-likeness (QED) is 0.523. The predicted molar refractivity (Wildman–Crippen MR) is 118 cm³/mol. The Labute approximate surface area is 178 Å². The van der Waals surface area contributed by atoms with Crippen LogP contribution in [0.15, 0.2) is 54.7 Å². The molecule has 1 fully saturated rings. The number of aryl methyl sites for hydroxylation is 1. The maximum absolute atomic E-state index is 6.04. The van der Waals surface area contributed by atoms with E-state index in [1.54, 1.807) is 0 Å². The number of hydrogen-bond donors (Lipinski definition) is 1. The third-order valence-corrected chi connectivity index (χ3v) is 5.84. The van der Waals surface area contributed by atoms with Crippen molar-refractivity contribution in [2.75, 3.05) is 25.0 Å². The first-order valence-corrected chi connectivity index (χ1v) is 10.8. The summed E-state index contributed by atoms with van der Waals surface area (Å²) in [6, 6.07) is 16.5. The lowest BCUT2D eigenvalue weighted by molar-refractivity contribution is -0.0349. The molecule has 4 aromatic rings. The Hall–Kier alpha value is -2.94. The number of benzene rings is 1. The highest BCUT2D eigenvalue weighted by molar-refractivity contribution is 7.15. The fraction of sp³-hybridized carbons (Fsp3) is 0.273. The van der Waals surface area contributed by atoms with Crippen molar-refractivity contribution in [3.8, 4) is 0 Å². The van der Waals surface area contributed by atoms with Crippen LogP contribution < -0.4 is 5.32 Å². The predicted octanol–water partition coefficient (Wildman–Crippen LogP) is 4.11. The molecule has 4 heterocycles. The van der Waals surface area contributed by atoms with E-state index in [0.29, 0.717) is 6.61 Å². The van der Waals surface area contributed by atoms with Gasteiger partial charge in [0, 0.05) is 31.2 Å². The zero-order valence-electron chi connectivity index (χ0n) is 16.7. The number of nitrogens with zero attached hydrogens (tertiary/aromatic N) is 5. The zero-order valence-corrected chi connectivity index (χ0v) is 17.5. The molecule has 1 aliphatic heterocycles. The maximum atomic E-state index is 6.04. The molecule has 0 spiro atoms. The molecule has 0 bridgehead atoms. The minimum Gasteiger partial charge on any atom is -0.369 e. The lowest BCUT2D eigenvalue weighted by Crippen LogP contribution is -2.38. The van der Waals surface area contributed by atoms with Crippen LogP contribution in [0.3, 0.4) is 0 Å². The van der Waals surface area contributed by atoms with Crippen molar-refractivity contribution < 1.29 is 4.74 Å². The highest BCUT2D eigenvalue weighted by Gasteiger charge is 2.23. The normalized spacial score (nSPS) is 17.3. The van der Waals surface area contributed by atoms with Crippen molar-refractivity contribution in [3.05, 3.63) is 71.0 Å². The Morgan fingerprint density at radius 1 is 1.17 bits per heavy atom. The van der Waals surface area contributed by atoms with Gasteiger partial charge >= 0.3 is 0 Å². The number of hydrogen-bond acceptors (Lipinski definition) is 8. The van der Waals surface area contributed by atoms with Gasteiger partial charge in [-0.3, -0.25) is 9.88 Å². The van der Waals surface area contributed by atoms with Crippen LogP contribution in [0.5, 0.6) is 0 Å².